The van der Waals surface area contributed by atoms with Crippen LogP contribution in [0.3, 0.4) is 0 Å². The average molecular weight is 207 g/mol. The average Bonchev–Trinajstić information content (AvgIpc) is 2.25. The molecular formula is C11H17N3O. The first-order valence-corrected chi connectivity index (χ1v) is 5.33. The summed E-state index contributed by atoms with van der Waals surface area (Å²) in [6.45, 7) is 1.72. The molecule has 1 saturated heterocycles. The molecule has 2 heterocycles. The lowest BCUT2D eigenvalue weighted by Gasteiger charge is -2.22. The van der Waals surface area contributed by atoms with Crippen molar-refractivity contribution in [3.8, 4) is 0 Å². The lowest BCUT2D eigenvalue weighted by Crippen LogP contribution is -2.18. The fourth-order valence-electron chi connectivity index (χ4n) is 1.96. The van der Waals surface area contributed by atoms with Crippen molar-refractivity contribution in [1.29, 1.82) is 0 Å². The molecule has 0 aromatic carbocycles. The maximum absolute atomic E-state index is 5.81. The van der Waals surface area contributed by atoms with Crippen molar-refractivity contribution >= 4 is 11.5 Å². The van der Waals surface area contributed by atoms with Gasteiger partial charge in [0, 0.05) is 13.2 Å². The van der Waals surface area contributed by atoms with Crippen LogP contribution in [0.2, 0.25) is 0 Å². The second-order valence-corrected chi connectivity index (χ2v) is 4.07. The fourth-order valence-corrected chi connectivity index (χ4v) is 1.96. The van der Waals surface area contributed by atoms with Crippen LogP contribution in [0.1, 0.15) is 18.4 Å². The van der Waals surface area contributed by atoms with Crippen LogP contribution in [-0.2, 0) is 11.2 Å². The van der Waals surface area contributed by atoms with Crippen molar-refractivity contribution in [3.05, 3.63) is 17.8 Å². The Balaban J connectivity index is 2.05. The number of rotatable bonds is 2. The topological polar surface area (TPSA) is 74.2 Å². The third kappa shape index (κ3) is 2.59. The number of nitrogen functional groups attached to an aromatic ring is 2. The van der Waals surface area contributed by atoms with E-state index in [1.807, 2.05) is 6.07 Å². The van der Waals surface area contributed by atoms with E-state index in [2.05, 4.69) is 4.98 Å². The third-order valence-electron chi connectivity index (χ3n) is 2.87. The van der Waals surface area contributed by atoms with Crippen LogP contribution in [0.15, 0.2) is 12.3 Å². The molecule has 0 saturated carbocycles. The molecule has 2 rings (SSSR count). The summed E-state index contributed by atoms with van der Waals surface area (Å²) in [5, 5.41) is 0. The van der Waals surface area contributed by atoms with Gasteiger partial charge < -0.3 is 16.2 Å². The van der Waals surface area contributed by atoms with E-state index < -0.39 is 0 Å². The van der Waals surface area contributed by atoms with E-state index in [-0.39, 0.29) is 0 Å². The summed E-state index contributed by atoms with van der Waals surface area (Å²) >= 11 is 0. The van der Waals surface area contributed by atoms with Crippen molar-refractivity contribution in [1.82, 2.24) is 4.98 Å². The van der Waals surface area contributed by atoms with E-state index in [4.69, 9.17) is 16.2 Å². The molecule has 0 unspecified atom stereocenters. The molecule has 1 aromatic rings. The minimum Gasteiger partial charge on any atom is -0.397 e. The standard InChI is InChI=1S/C11H17N3O/c12-10-6-9(11(13)14-7-10)5-8-1-3-15-4-2-8/h6-8H,1-5,12H2,(H2,13,14). The van der Waals surface area contributed by atoms with Crippen LogP contribution >= 0.6 is 0 Å². The summed E-state index contributed by atoms with van der Waals surface area (Å²) in [5.74, 6) is 1.26. The Morgan fingerprint density at radius 1 is 1.33 bits per heavy atom. The number of nitrogens with zero attached hydrogens (tertiary/aromatic N) is 1. The molecule has 1 fully saturated rings. The van der Waals surface area contributed by atoms with Crippen molar-refractivity contribution in [2.45, 2.75) is 19.3 Å². The molecule has 1 aliphatic rings. The molecule has 0 spiro atoms. The maximum Gasteiger partial charge on any atom is 0.126 e. The second-order valence-electron chi connectivity index (χ2n) is 4.07. The molecule has 4 nitrogen and oxygen atoms in total. The van der Waals surface area contributed by atoms with Crippen LogP contribution < -0.4 is 11.5 Å². The minimum atomic E-state index is 0.607. The zero-order valence-electron chi connectivity index (χ0n) is 8.78. The van der Waals surface area contributed by atoms with E-state index in [0.717, 1.165) is 38.0 Å². The van der Waals surface area contributed by atoms with Gasteiger partial charge in [0.1, 0.15) is 5.82 Å². The van der Waals surface area contributed by atoms with Gasteiger partial charge in [-0.25, -0.2) is 4.98 Å². The molecule has 0 aliphatic carbocycles. The van der Waals surface area contributed by atoms with E-state index in [1.54, 1.807) is 6.20 Å². The van der Waals surface area contributed by atoms with Crippen molar-refractivity contribution < 1.29 is 4.74 Å². The van der Waals surface area contributed by atoms with Gasteiger partial charge in [-0.3, -0.25) is 0 Å². The quantitative estimate of drug-likeness (QED) is 0.764. The minimum absolute atomic E-state index is 0.607. The van der Waals surface area contributed by atoms with E-state index in [9.17, 15) is 0 Å². The summed E-state index contributed by atoms with van der Waals surface area (Å²) in [5.41, 5.74) is 13.3. The molecular weight excluding hydrogens is 190 g/mol. The van der Waals surface area contributed by atoms with Gasteiger partial charge in [0.15, 0.2) is 0 Å². The SMILES string of the molecule is Nc1cnc(N)c(CC2CCOCC2)c1. The largest absolute Gasteiger partial charge is 0.397 e. The Kier molecular flexibility index (Phi) is 3.06. The number of anilines is 2. The van der Waals surface area contributed by atoms with Gasteiger partial charge in [-0.1, -0.05) is 0 Å². The lowest BCUT2D eigenvalue weighted by atomic mass is 9.92. The number of aromatic nitrogens is 1. The molecule has 4 heteroatoms. The van der Waals surface area contributed by atoms with Crippen LogP contribution in [0.5, 0.6) is 0 Å². The molecule has 82 valence electrons. The van der Waals surface area contributed by atoms with Crippen molar-refractivity contribution in [3.63, 3.8) is 0 Å². The Morgan fingerprint density at radius 3 is 2.80 bits per heavy atom. The Hall–Kier alpha value is -1.29. The maximum atomic E-state index is 5.81. The summed E-state index contributed by atoms with van der Waals surface area (Å²) < 4.78 is 5.32. The molecule has 1 aliphatic heterocycles. The van der Waals surface area contributed by atoms with E-state index in [0.29, 0.717) is 17.4 Å². The zero-order valence-corrected chi connectivity index (χ0v) is 8.78. The Labute approximate surface area is 89.6 Å². The highest BCUT2D eigenvalue weighted by Gasteiger charge is 2.15. The molecule has 4 N–H and O–H groups in total. The van der Waals surface area contributed by atoms with E-state index in [1.165, 1.54) is 0 Å². The molecule has 1 aromatic heterocycles. The number of pyridine rings is 1. The van der Waals surface area contributed by atoms with Crippen LogP contribution in [0.25, 0.3) is 0 Å². The van der Waals surface area contributed by atoms with Crippen LogP contribution in [-0.4, -0.2) is 18.2 Å². The van der Waals surface area contributed by atoms with Crippen LogP contribution in [0, 0.1) is 5.92 Å². The number of ether oxygens (including phenoxy) is 1. The summed E-state index contributed by atoms with van der Waals surface area (Å²) in [4.78, 5) is 4.07. The predicted octanol–water partition coefficient (Wildman–Crippen LogP) is 1.22. The van der Waals surface area contributed by atoms with Crippen LogP contribution in [0.4, 0.5) is 11.5 Å². The summed E-state index contributed by atoms with van der Waals surface area (Å²) in [7, 11) is 0. The van der Waals surface area contributed by atoms with Gasteiger partial charge in [-0.15, -0.1) is 0 Å². The zero-order chi connectivity index (χ0) is 10.7. The first-order chi connectivity index (χ1) is 7.25. The third-order valence-corrected chi connectivity index (χ3v) is 2.87. The molecule has 0 radical (unpaired) electrons. The molecule has 0 bridgehead atoms. The first-order valence-electron chi connectivity index (χ1n) is 5.33. The highest BCUT2D eigenvalue weighted by molar-refractivity contribution is 5.48. The van der Waals surface area contributed by atoms with Gasteiger partial charge >= 0.3 is 0 Å². The highest BCUT2D eigenvalue weighted by Crippen LogP contribution is 2.23. The Morgan fingerprint density at radius 2 is 2.07 bits per heavy atom. The normalized spacial score (nSPS) is 17.9. The van der Waals surface area contributed by atoms with Gasteiger partial charge in [-0.05, 0) is 36.8 Å². The number of nitrogens with two attached hydrogens (primary N) is 2. The smallest absolute Gasteiger partial charge is 0.126 e. The van der Waals surface area contributed by atoms with E-state index >= 15 is 0 Å². The predicted molar refractivity (Wildman–Crippen MR) is 60.3 cm³/mol. The fraction of sp³-hybridized carbons (Fsp3) is 0.545. The molecule has 0 atom stereocenters. The summed E-state index contributed by atoms with van der Waals surface area (Å²) in [6, 6.07) is 1.93. The van der Waals surface area contributed by atoms with Gasteiger partial charge in [0.25, 0.3) is 0 Å². The van der Waals surface area contributed by atoms with Gasteiger partial charge in [0.2, 0.25) is 0 Å². The summed E-state index contributed by atoms with van der Waals surface area (Å²) in [6.07, 6.45) is 4.78. The number of hydrogen-bond acceptors (Lipinski definition) is 4. The van der Waals surface area contributed by atoms with Crippen molar-refractivity contribution in [2.75, 3.05) is 24.7 Å². The first kappa shape index (κ1) is 10.2. The van der Waals surface area contributed by atoms with Crippen molar-refractivity contribution in [2.24, 2.45) is 5.92 Å². The van der Waals surface area contributed by atoms with Gasteiger partial charge in [0.05, 0.1) is 11.9 Å². The monoisotopic (exact) mass is 207 g/mol. The molecule has 15 heavy (non-hydrogen) atoms. The Bertz CT molecular complexity index is 335. The second kappa shape index (κ2) is 4.49. The molecule has 0 amide bonds. The lowest BCUT2D eigenvalue weighted by molar-refractivity contribution is 0.0665. The highest BCUT2D eigenvalue weighted by atomic mass is 16.5. The van der Waals surface area contributed by atoms with Gasteiger partial charge in [-0.2, -0.15) is 0 Å². The number of hydrogen-bond donors (Lipinski definition) is 2.